The zero-order chi connectivity index (χ0) is 14.4. The quantitative estimate of drug-likeness (QED) is 0.877. The van der Waals surface area contributed by atoms with Crippen LogP contribution in [-0.4, -0.2) is 12.5 Å². The van der Waals surface area contributed by atoms with Crippen molar-refractivity contribution in [3.63, 3.8) is 0 Å². The van der Waals surface area contributed by atoms with Crippen LogP contribution in [0.25, 0.3) is 0 Å². The molecule has 3 N–H and O–H groups in total. The van der Waals surface area contributed by atoms with Crippen molar-refractivity contribution in [2.24, 2.45) is 5.73 Å². The molecular formula is C16H17FN2O. The number of carbonyl (C=O) groups is 1. The molecule has 3 nitrogen and oxygen atoms in total. The molecule has 0 saturated carbocycles. The van der Waals surface area contributed by atoms with Gasteiger partial charge in [0, 0.05) is 18.7 Å². The summed E-state index contributed by atoms with van der Waals surface area (Å²) in [5.74, 6) is -0.367. The van der Waals surface area contributed by atoms with Gasteiger partial charge < -0.3 is 11.1 Å². The van der Waals surface area contributed by atoms with Crippen molar-refractivity contribution < 1.29 is 9.18 Å². The summed E-state index contributed by atoms with van der Waals surface area (Å²) in [7, 11) is 0. The van der Waals surface area contributed by atoms with Crippen LogP contribution in [-0.2, 0) is 13.0 Å². The van der Waals surface area contributed by atoms with Crippen LogP contribution in [0.15, 0.2) is 48.5 Å². The molecule has 4 heteroatoms. The molecule has 0 aliphatic carbocycles. The van der Waals surface area contributed by atoms with Gasteiger partial charge in [0.2, 0.25) is 0 Å². The molecule has 0 aromatic heterocycles. The zero-order valence-corrected chi connectivity index (χ0v) is 11.1. The minimum absolute atomic E-state index is 0.115. The fourth-order valence-electron chi connectivity index (χ4n) is 1.87. The first kappa shape index (κ1) is 14.2. The molecule has 1 amide bonds. The Hall–Kier alpha value is -2.20. The molecule has 0 unspecified atom stereocenters. The second-order valence-corrected chi connectivity index (χ2v) is 4.53. The monoisotopic (exact) mass is 272 g/mol. The predicted octanol–water partition coefficient (Wildman–Crippen LogP) is 2.26. The van der Waals surface area contributed by atoms with Gasteiger partial charge in [-0.1, -0.05) is 24.3 Å². The average molecular weight is 272 g/mol. The standard InChI is InChI=1S/C16H17FN2O/c17-15-7-3-12(4-8-15)9-10-19-16(20)14-5-1-13(11-18)2-6-14/h1-8H,9-11,18H2,(H,19,20). The van der Waals surface area contributed by atoms with E-state index in [0.29, 0.717) is 25.1 Å². The van der Waals surface area contributed by atoms with Gasteiger partial charge >= 0.3 is 0 Å². The number of hydrogen-bond donors (Lipinski definition) is 2. The van der Waals surface area contributed by atoms with Crippen LogP contribution in [0.3, 0.4) is 0 Å². The number of amides is 1. The van der Waals surface area contributed by atoms with Gasteiger partial charge in [0.15, 0.2) is 0 Å². The molecule has 20 heavy (non-hydrogen) atoms. The summed E-state index contributed by atoms with van der Waals surface area (Å²) < 4.78 is 12.7. The van der Waals surface area contributed by atoms with Crippen LogP contribution < -0.4 is 11.1 Å². The smallest absolute Gasteiger partial charge is 0.251 e. The van der Waals surface area contributed by atoms with Gasteiger partial charge in [-0.05, 0) is 41.8 Å². The Balaban J connectivity index is 1.83. The summed E-state index contributed by atoms with van der Waals surface area (Å²) in [6, 6.07) is 13.5. The molecule has 0 heterocycles. The Bertz CT molecular complexity index is 564. The van der Waals surface area contributed by atoms with Crippen molar-refractivity contribution in [3.8, 4) is 0 Å². The average Bonchev–Trinajstić information content (AvgIpc) is 2.49. The fourth-order valence-corrected chi connectivity index (χ4v) is 1.87. The predicted molar refractivity (Wildman–Crippen MR) is 76.8 cm³/mol. The normalized spacial score (nSPS) is 10.3. The van der Waals surface area contributed by atoms with E-state index in [1.165, 1.54) is 12.1 Å². The van der Waals surface area contributed by atoms with Gasteiger partial charge in [-0.3, -0.25) is 4.79 Å². The highest BCUT2D eigenvalue weighted by Crippen LogP contribution is 2.05. The molecule has 0 aliphatic heterocycles. The molecule has 0 bridgehead atoms. The molecule has 0 spiro atoms. The first-order valence-corrected chi connectivity index (χ1v) is 6.50. The maximum absolute atomic E-state index is 12.7. The lowest BCUT2D eigenvalue weighted by atomic mass is 10.1. The number of hydrogen-bond acceptors (Lipinski definition) is 2. The summed E-state index contributed by atoms with van der Waals surface area (Å²) in [6.07, 6.45) is 0.674. The maximum Gasteiger partial charge on any atom is 0.251 e. The van der Waals surface area contributed by atoms with Crippen molar-refractivity contribution in [1.82, 2.24) is 5.32 Å². The van der Waals surface area contributed by atoms with Gasteiger partial charge in [-0.2, -0.15) is 0 Å². The van der Waals surface area contributed by atoms with Crippen LogP contribution in [0, 0.1) is 5.82 Å². The lowest BCUT2D eigenvalue weighted by Crippen LogP contribution is -2.25. The molecule has 0 fully saturated rings. The zero-order valence-electron chi connectivity index (χ0n) is 11.1. The van der Waals surface area contributed by atoms with E-state index in [1.807, 2.05) is 12.1 Å². The van der Waals surface area contributed by atoms with Crippen LogP contribution in [0.4, 0.5) is 4.39 Å². The highest BCUT2D eigenvalue weighted by Gasteiger charge is 2.04. The minimum atomic E-state index is -0.252. The van der Waals surface area contributed by atoms with Gasteiger partial charge in [-0.25, -0.2) is 4.39 Å². The van der Waals surface area contributed by atoms with E-state index >= 15 is 0 Å². The van der Waals surface area contributed by atoms with E-state index in [9.17, 15) is 9.18 Å². The summed E-state index contributed by atoms with van der Waals surface area (Å²) >= 11 is 0. The third kappa shape index (κ3) is 3.90. The SMILES string of the molecule is NCc1ccc(C(=O)NCCc2ccc(F)cc2)cc1. The van der Waals surface area contributed by atoms with Crippen LogP contribution in [0.1, 0.15) is 21.5 Å². The number of nitrogens with one attached hydrogen (secondary N) is 1. The second kappa shape index (κ2) is 6.82. The Morgan fingerprint density at radius 3 is 2.20 bits per heavy atom. The number of nitrogens with two attached hydrogens (primary N) is 1. The first-order valence-electron chi connectivity index (χ1n) is 6.50. The molecule has 2 aromatic carbocycles. The number of benzene rings is 2. The third-order valence-electron chi connectivity index (χ3n) is 3.06. The van der Waals surface area contributed by atoms with E-state index < -0.39 is 0 Å². The van der Waals surface area contributed by atoms with Gasteiger partial charge in [-0.15, -0.1) is 0 Å². The van der Waals surface area contributed by atoms with E-state index in [2.05, 4.69) is 5.32 Å². The molecule has 0 atom stereocenters. The van der Waals surface area contributed by atoms with Crippen molar-refractivity contribution in [2.75, 3.05) is 6.54 Å². The number of carbonyl (C=O) groups excluding carboxylic acids is 1. The first-order chi connectivity index (χ1) is 9.69. The summed E-state index contributed by atoms with van der Waals surface area (Å²) in [6.45, 7) is 0.982. The maximum atomic E-state index is 12.7. The van der Waals surface area contributed by atoms with Crippen LogP contribution in [0.2, 0.25) is 0 Å². The summed E-state index contributed by atoms with van der Waals surface area (Å²) in [4.78, 5) is 11.9. The van der Waals surface area contributed by atoms with Crippen LogP contribution >= 0.6 is 0 Å². The highest BCUT2D eigenvalue weighted by molar-refractivity contribution is 5.94. The second-order valence-electron chi connectivity index (χ2n) is 4.53. The van der Waals surface area contributed by atoms with E-state index in [-0.39, 0.29) is 11.7 Å². The molecule has 104 valence electrons. The van der Waals surface area contributed by atoms with E-state index in [4.69, 9.17) is 5.73 Å². The molecule has 2 rings (SSSR count). The topological polar surface area (TPSA) is 55.1 Å². The number of rotatable bonds is 5. The summed E-state index contributed by atoms with van der Waals surface area (Å²) in [5.41, 5.74) is 8.10. The molecular weight excluding hydrogens is 255 g/mol. The molecule has 0 saturated heterocycles. The number of halogens is 1. The Morgan fingerprint density at radius 1 is 1.00 bits per heavy atom. The van der Waals surface area contributed by atoms with Gasteiger partial charge in [0.05, 0.1) is 0 Å². The summed E-state index contributed by atoms with van der Waals surface area (Å²) in [5, 5.41) is 2.84. The fraction of sp³-hybridized carbons (Fsp3) is 0.188. The Morgan fingerprint density at radius 2 is 1.60 bits per heavy atom. The third-order valence-corrected chi connectivity index (χ3v) is 3.06. The van der Waals surface area contributed by atoms with Gasteiger partial charge in [0.1, 0.15) is 5.82 Å². The van der Waals surface area contributed by atoms with E-state index in [0.717, 1.165) is 11.1 Å². The Kier molecular flexibility index (Phi) is 4.85. The lowest BCUT2D eigenvalue weighted by molar-refractivity contribution is 0.0954. The Labute approximate surface area is 117 Å². The van der Waals surface area contributed by atoms with E-state index in [1.54, 1.807) is 24.3 Å². The minimum Gasteiger partial charge on any atom is -0.352 e. The van der Waals surface area contributed by atoms with Crippen LogP contribution in [0.5, 0.6) is 0 Å². The van der Waals surface area contributed by atoms with Crippen molar-refractivity contribution in [1.29, 1.82) is 0 Å². The largest absolute Gasteiger partial charge is 0.352 e. The van der Waals surface area contributed by atoms with Gasteiger partial charge in [0.25, 0.3) is 5.91 Å². The van der Waals surface area contributed by atoms with Crippen molar-refractivity contribution in [2.45, 2.75) is 13.0 Å². The lowest BCUT2D eigenvalue weighted by Gasteiger charge is -2.06. The van der Waals surface area contributed by atoms with Crippen molar-refractivity contribution in [3.05, 3.63) is 71.0 Å². The molecule has 2 aromatic rings. The molecule has 0 radical (unpaired) electrons. The van der Waals surface area contributed by atoms with Crippen molar-refractivity contribution >= 4 is 5.91 Å². The highest BCUT2D eigenvalue weighted by atomic mass is 19.1. The molecule has 0 aliphatic rings.